The van der Waals surface area contributed by atoms with Crippen molar-refractivity contribution >= 4 is 24.2 Å². The molecule has 0 bridgehead atoms. The minimum atomic E-state index is 0.0654. The van der Waals surface area contributed by atoms with Gasteiger partial charge >= 0.3 is 0 Å². The van der Waals surface area contributed by atoms with Gasteiger partial charge in [0, 0.05) is 30.0 Å². The van der Waals surface area contributed by atoms with Crippen molar-refractivity contribution in [3.8, 4) is 5.75 Å². The van der Waals surface area contributed by atoms with Crippen molar-refractivity contribution in [3.05, 3.63) is 24.3 Å². The minimum Gasteiger partial charge on any atom is -0.508 e. The Hall–Kier alpha value is -1.16. The molecule has 1 saturated heterocycles. The Balaban J connectivity index is 2.27. The maximum atomic E-state index is 11.5. The molecule has 1 unspecified atom stereocenters. The molecule has 14 heavy (non-hydrogen) atoms. The lowest BCUT2D eigenvalue weighted by Gasteiger charge is -2.15. The lowest BCUT2D eigenvalue weighted by Crippen LogP contribution is -2.24. The number of benzene rings is 1. The van der Waals surface area contributed by atoms with Crippen LogP contribution in [0.4, 0.5) is 5.69 Å². The van der Waals surface area contributed by atoms with Gasteiger partial charge in [0.2, 0.25) is 5.91 Å². The quantitative estimate of drug-likeness (QED) is 0.687. The number of phenols is 1. The first kappa shape index (κ1) is 9.40. The van der Waals surface area contributed by atoms with E-state index >= 15 is 0 Å². The van der Waals surface area contributed by atoms with Crippen molar-refractivity contribution in [2.45, 2.75) is 11.7 Å². The Kier molecular flexibility index (Phi) is 2.37. The van der Waals surface area contributed by atoms with E-state index < -0.39 is 0 Å². The SMILES string of the molecule is O=C1CC(S)CN1c1cccc(O)c1. The van der Waals surface area contributed by atoms with Crippen LogP contribution >= 0.6 is 12.6 Å². The number of amides is 1. The van der Waals surface area contributed by atoms with E-state index in [2.05, 4.69) is 12.6 Å². The number of nitrogens with zero attached hydrogens (tertiary/aromatic N) is 1. The number of rotatable bonds is 1. The first-order chi connectivity index (χ1) is 6.66. The second kappa shape index (κ2) is 3.53. The predicted molar refractivity (Wildman–Crippen MR) is 57.9 cm³/mol. The van der Waals surface area contributed by atoms with Gasteiger partial charge < -0.3 is 10.0 Å². The topological polar surface area (TPSA) is 40.5 Å². The summed E-state index contributed by atoms with van der Waals surface area (Å²) in [7, 11) is 0. The Labute approximate surface area is 87.8 Å². The van der Waals surface area contributed by atoms with Gasteiger partial charge in [0.15, 0.2) is 0 Å². The molecular formula is C10H11NO2S. The first-order valence-corrected chi connectivity index (χ1v) is 4.96. The molecule has 2 rings (SSSR count). The highest BCUT2D eigenvalue weighted by atomic mass is 32.1. The van der Waals surface area contributed by atoms with Crippen LogP contribution in [-0.4, -0.2) is 22.8 Å². The van der Waals surface area contributed by atoms with Crippen LogP contribution in [0, 0.1) is 0 Å². The van der Waals surface area contributed by atoms with Gasteiger partial charge in [-0.05, 0) is 12.1 Å². The summed E-state index contributed by atoms with van der Waals surface area (Å²) < 4.78 is 0. The highest BCUT2D eigenvalue weighted by molar-refractivity contribution is 7.81. The van der Waals surface area contributed by atoms with Gasteiger partial charge in [0.25, 0.3) is 0 Å². The number of carbonyl (C=O) groups is 1. The maximum absolute atomic E-state index is 11.5. The molecule has 1 amide bonds. The summed E-state index contributed by atoms with van der Waals surface area (Å²) in [5.74, 6) is 0.244. The van der Waals surface area contributed by atoms with E-state index in [1.165, 1.54) is 0 Å². The second-order valence-electron chi connectivity index (χ2n) is 3.38. The standard InChI is InChI=1S/C10H11NO2S/c12-8-3-1-2-7(4-8)11-6-9(14)5-10(11)13/h1-4,9,12,14H,5-6H2. The molecule has 1 fully saturated rings. The van der Waals surface area contributed by atoms with Gasteiger partial charge in [-0.1, -0.05) is 6.07 Å². The van der Waals surface area contributed by atoms with E-state index in [1.54, 1.807) is 23.1 Å². The number of hydrogen-bond acceptors (Lipinski definition) is 3. The minimum absolute atomic E-state index is 0.0654. The molecule has 74 valence electrons. The molecule has 0 aliphatic carbocycles. The van der Waals surface area contributed by atoms with E-state index in [0.29, 0.717) is 13.0 Å². The molecule has 1 atom stereocenters. The van der Waals surface area contributed by atoms with E-state index in [9.17, 15) is 9.90 Å². The van der Waals surface area contributed by atoms with E-state index in [1.807, 2.05) is 6.07 Å². The maximum Gasteiger partial charge on any atom is 0.228 e. The number of phenolic OH excluding ortho intramolecular Hbond substituents is 1. The van der Waals surface area contributed by atoms with Crippen LogP contribution in [0.2, 0.25) is 0 Å². The third-order valence-electron chi connectivity index (χ3n) is 2.25. The average molecular weight is 209 g/mol. The van der Waals surface area contributed by atoms with Gasteiger partial charge in [-0.25, -0.2) is 0 Å². The Bertz CT molecular complexity index is 367. The van der Waals surface area contributed by atoms with Crippen molar-refractivity contribution < 1.29 is 9.90 Å². The van der Waals surface area contributed by atoms with Crippen LogP contribution in [0.25, 0.3) is 0 Å². The third kappa shape index (κ3) is 1.70. The molecule has 1 N–H and O–H groups in total. The van der Waals surface area contributed by atoms with Gasteiger partial charge in [-0.2, -0.15) is 12.6 Å². The molecule has 1 aliphatic rings. The Morgan fingerprint density at radius 2 is 2.29 bits per heavy atom. The first-order valence-electron chi connectivity index (χ1n) is 4.44. The molecule has 1 heterocycles. The summed E-state index contributed by atoms with van der Waals surface area (Å²) in [5.41, 5.74) is 0.742. The van der Waals surface area contributed by atoms with Crippen molar-refractivity contribution in [1.82, 2.24) is 0 Å². The fraction of sp³-hybridized carbons (Fsp3) is 0.300. The zero-order valence-electron chi connectivity index (χ0n) is 7.55. The van der Waals surface area contributed by atoms with Gasteiger partial charge in [0.1, 0.15) is 5.75 Å². The molecule has 1 aromatic carbocycles. The summed E-state index contributed by atoms with van der Waals surface area (Å²) >= 11 is 4.26. The van der Waals surface area contributed by atoms with Crippen molar-refractivity contribution in [2.75, 3.05) is 11.4 Å². The highest BCUT2D eigenvalue weighted by Crippen LogP contribution is 2.26. The number of aromatic hydroxyl groups is 1. The van der Waals surface area contributed by atoms with Crippen molar-refractivity contribution in [2.24, 2.45) is 0 Å². The van der Waals surface area contributed by atoms with E-state index in [4.69, 9.17) is 0 Å². The molecule has 0 radical (unpaired) electrons. The van der Waals surface area contributed by atoms with Gasteiger partial charge in [-0.15, -0.1) is 0 Å². The zero-order valence-corrected chi connectivity index (χ0v) is 8.45. The highest BCUT2D eigenvalue weighted by Gasteiger charge is 2.28. The Morgan fingerprint density at radius 1 is 1.50 bits per heavy atom. The summed E-state index contributed by atoms with van der Waals surface area (Å²) in [4.78, 5) is 13.1. The summed E-state index contributed by atoms with van der Waals surface area (Å²) in [5, 5.41) is 9.37. The summed E-state index contributed by atoms with van der Waals surface area (Å²) in [6, 6.07) is 6.71. The summed E-state index contributed by atoms with van der Waals surface area (Å²) in [6.07, 6.45) is 0.471. The van der Waals surface area contributed by atoms with E-state index in [-0.39, 0.29) is 16.9 Å². The number of anilines is 1. The van der Waals surface area contributed by atoms with Crippen LogP contribution in [-0.2, 0) is 4.79 Å². The van der Waals surface area contributed by atoms with Crippen LogP contribution in [0.5, 0.6) is 5.75 Å². The van der Waals surface area contributed by atoms with E-state index in [0.717, 1.165) is 5.69 Å². The van der Waals surface area contributed by atoms with Crippen LogP contribution in [0.1, 0.15) is 6.42 Å². The lowest BCUT2D eigenvalue weighted by atomic mass is 10.3. The van der Waals surface area contributed by atoms with Gasteiger partial charge in [-0.3, -0.25) is 4.79 Å². The monoisotopic (exact) mass is 209 g/mol. The average Bonchev–Trinajstić information content (AvgIpc) is 2.45. The second-order valence-corrected chi connectivity index (χ2v) is 4.11. The zero-order chi connectivity index (χ0) is 10.1. The largest absolute Gasteiger partial charge is 0.508 e. The molecular weight excluding hydrogens is 198 g/mol. The lowest BCUT2D eigenvalue weighted by molar-refractivity contribution is -0.117. The predicted octanol–water partition coefficient (Wildman–Crippen LogP) is 1.43. The molecule has 1 aliphatic heterocycles. The number of thiol groups is 1. The molecule has 0 aromatic heterocycles. The summed E-state index contributed by atoms with van der Waals surface area (Å²) in [6.45, 7) is 0.616. The molecule has 4 heteroatoms. The van der Waals surface area contributed by atoms with Crippen molar-refractivity contribution in [3.63, 3.8) is 0 Å². The fourth-order valence-corrected chi connectivity index (χ4v) is 1.92. The third-order valence-corrected chi connectivity index (χ3v) is 2.59. The molecule has 0 spiro atoms. The van der Waals surface area contributed by atoms with Crippen LogP contribution in [0.15, 0.2) is 24.3 Å². The van der Waals surface area contributed by atoms with Crippen molar-refractivity contribution in [1.29, 1.82) is 0 Å². The molecule has 3 nitrogen and oxygen atoms in total. The smallest absolute Gasteiger partial charge is 0.228 e. The molecule has 1 aromatic rings. The number of hydrogen-bond donors (Lipinski definition) is 2. The number of carbonyl (C=O) groups excluding carboxylic acids is 1. The fourth-order valence-electron chi connectivity index (χ4n) is 1.60. The van der Waals surface area contributed by atoms with Crippen LogP contribution < -0.4 is 4.90 Å². The molecule has 0 saturated carbocycles. The normalized spacial score (nSPS) is 21.6. The van der Waals surface area contributed by atoms with Crippen LogP contribution in [0.3, 0.4) is 0 Å². The Morgan fingerprint density at radius 3 is 2.86 bits per heavy atom. The van der Waals surface area contributed by atoms with Gasteiger partial charge in [0.05, 0.1) is 0 Å².